The molecule has 0 aromatic heterocycles. The average molecular weight is 410 g/mol. The summed E-state index contributed by atoms with van der Waals surface area (Å²) in [7, 11) is -5.42. The second-order valence-corrected chi connectivity index (χ2v) is 10.4. The third-order valence-electron chi connectivity index (χ3n) is 6.13. The van der Waals surface area contributed by atoms with E-state index in [9.17, 15) is 26.0 Å². The van der Waals surface area contributed by atoms with E-state index >= 15 is 0 Å². The highest BCUT2D eigenvalue weighted by molar-refractivity contribution is 7.99. The standard InChI is InChI=1S/C17H18F4O3S2/c18-11-13(20)16(26(22,23)24)14(21)12(19)15(11)25-7-17-4-8-1-9(5-17)3-10(2-8)6-17/h8-10H,1-7H2,(H,22,23,24). The third-order valence-corrected chi connectivity index (χ3v) is 8.41. The minimum Gasteiger partial charge on any atom is -0.282 e. The van der Waals surface area contributed by atoms with Crippen molar-refractivity contribution < 1.29 is 30.5 Å². The molecule has 4 aliphatic carbocycles. The summed E-state index contributed by atoms with van der Waals surface area (Å²) in [5, 5.41) is 0. The van der Waals surface area contributed by atoms with Crippen molar-refractivity contribution in [2.45, 2.75) is 48.3 Å². The van der Waals surface area contributed by atoms with Crippen LogP contribution in [0.15, 0.2) is 9.79 Å². The molecule has 144 valence electrons. The van der Waals surface area contributed by atoms with Crippen molar-refractivity contribution in [2.75, 3.05) is 5.75 Å². The zero-order valence-corrected chi connectivity index (χ0v) is 15.4. The van der Waals surface area contributed by atoms with Crippen molar-refractivity contribution in [3.05, 3.63) is 23.3 Å². The first kappa shape index (κ1) is 18.6. The van der Waals surface area contributed by atoms with E-state index in [0.717, 1.165) is 19.3 Å². The molecule has 5 rings (SSSR count). The van der Waals surface area contributed by atoms with Crippen molar-refractivity contribution in [2.24, 2.45) is 23.2 Å². The van der Waals surface area contributed by atoms with E-state index in [-0.39, 0.29) is 5.41 Å². The van der Waals surface area contributed by atoms with Gasteiger partial charge in [0.15, 0.2) is 28.2 Å². The molecule has 4 saturated carbocycles. The monoisotopic (exact) mass is 410 g/mol. The number of rotatable bonds is 4. The Labute approximate surface area is 153 Å². The summed E-state index contributed by atoms with van der Waals surface area (Å²) in [5.74, 6) is -5.52. The Kier molecular flexibility index (Phi) is 4.36. The Hall–Kier alpha value is -0.800. The molecule has 4 fully saturated rings. The highest BCUT2D eigenvalue weighted by Gasteiger charge is 2.50. The molecule has 0 radical (unpaired) electrons. The molecule has 0 aliphatic heterocycles. The Morgan fingerprint density at radius 3 is 1.69 bits per heavy atom. The van der Waals surface area contributed by atoms with Gasteiger partial charge in [-0.1, -0.05) is 0 Å². The maximum absolute atomic E-state index is 14.2. The van der Waals surface area contributed by atoms with E-state index in [2.05, 4.69) is 0 Å². The lowest BCUT2D eigenvalue weighted by Crippen LogP contribution is -2.47. The second-order valence-electron chi connectivity index (χ2n) is 8.10. The molecule has 1 N–H and O–H groups in total. The minimum atomic E-state index is -5.42. The summed E-state index contributed by atoms with van der Waals surface area (Å²) in [5.41, 5.74) is -0.0764. The van der Waals surface area contributed by atoms with Crippen LogP contribution in [0.2, 0.25) is 0 Å². The number of thioether (sulfide) groups is 1. The van der Waals surface area contributed by atoms with E-state index in [0.29, 0.717) is 35.3 Å². The van der Waals surface area contributed by atoms with Crippen LogP contribution in [0.1, 0.15) is 38.5 Å². The van der Waals surface area contributed by atoms with Gasteiger partial charge in [0.25, 0.3) is 0 Å². The second kappa shape index (κ2) is 6.10. The van der Waals surface area contributed by atoms with Gasteiger partial charge < -0.3 is 0 Å². The van der Waals surface area contributed by atoms with Gasteiger partial charge in [0.1, 0.15) is 0 Å². The molecule has 1 aromatic carbocycles. The maximum atomic E-state index is 14.2. The lowest BCUT2D eigenvalue weighted by Gasteiger charge is -2.56. The van der Waals surface area contributed by atoms with Crippen LogP contribution < -0.4 is 0 Å². The quantitative estimate of drug-likeness (QED) is 0.335. The van der Waals surface area contributed by atoms with E-state index < -0.39 is 43.2 Å². The zero-order valence-electron chi connectivity index (χ0n) is 13.8. The summed E-state index contributed by atoms with van der Waals surface area (Å²) in [6.45, 7) is 0. The molecule has 4 aliphatic rings. The fraction of sp³-hybridized carbons (Fsp3) is 0.647. The van der Waals surface area contributed by atoms with Crippen LogP contribution in [0.3, 0.4) is 0 Å². The van der Waals surface area contributed by atoms with E-state index in [4.69, 9.17) is 4.55 Å². The molecule has 0 spiro atoms. The van der Waals surface area contributed by atoms with E-state index in [1.54, 1.807) is 0 Å². The summed E-state index contributed by atoms with van der Waals surface area (Å²) in [4.78, 5) is -2.84. The van der Waals surface area contributed by atoms with Gasteiger partial charge in [0.2, 0.25) is 0 Å². The van der Waals surface area contributed by atoms with Crippen LogP contribution in [0.25, 0.3) is 0 Å². The maximum Gasteiger partial charge on any atom is 0.300 e. The van der Waals surface area contributed by atoms with E-state index in [1.165, 1.54) is 19.3 Å². The van der Waals surface area contributed by atoms with E-state index in [1.807, 2.05) is 0 Å². The lowest BCUT2D eigenvalue weighted by atomic mass is 9.50. The van der Waals surface area contributed by atoms with Crippen molar-refractivity contribution >= 4 is 21.9 Å². The van der Waals surface area contributed by atoms with Gasteiger partial charge >= 0.3 is 10.1 Å². The molecule has 9 heteroatoms. The van der Waals surface area contributed by atoms with Crippen LogP contribution >= 0.6 is 11.8 Å². The van der Waals surface area contributed by atoms with Gasteiger partial charge in [-0.2, -0.15) is 8.42 Å². The molecule has 26 heavy (non-hydrogen) atoms. The van der Waals surface area contributed by atoms with Gasteiger partial charge in [-0.05, 0) is 61.7 Å². The lowest BCUT2D eigenvalue weighted by molar-refractivity contribution is -0.0381. The first-order valence-corrected chi connectivity index (χ1v) is 11.0. The number of halogens is 4. The van der Waals surface area contributed by atoms with Gasteiger partial charge in [0.05, 0.1) is 4.90 Å². The molecule has 0 heterocycles. The highest BCUT2D eigenvalue weighted by atomic mass is 32.2. The largest absolute Gasteiger partial charge is 0.300 e. The van der Waals surface area contributed by atoms with Crippen molar-refractivity contribution in [3.8, 4) is 0 Å². The van der Waals surface area contributed by atoms with Crippen LogP contribution in [0, 0.1) is 46.4 Å². The van der Waals surface area contributed by atoms with Crippen LogP contribution in [0.5, 0.6) is 0 Å². The van der Waals surface area contributed by atoms with Crippen molar-refractivity contribution in [1.29, 1.82) is 0 Å². The fourth-order valence-electron chi connectivity index (χ4n) is 5.64. The Balaban J connectivity index is 1.64. The number of benzene rings is 1. The Morgan fingerprint density at radius 1 is 0.885 bits per heavy atom. The predicted octanol–water partition coefficient (Wildman–Crippen LogP) is 4.80. The number of hydrogen-bond acceptors (Lipinski definition) is 3. The average Bonchev–Trinajstić information content (AvgIpc) is 2.50. The third kappa shape index (κ3) is 2.96. The topological polar surface area (TPSA) is 54.4 Å². The van der Waals surface area contributed by atoms with Crippen LogP contribution in [-0.2, 0) is 10.1 Å². The van der Waals surface area contributed by atoms with Crippen LogP contribution in [0.4, 0.5) is 17.6 Å². The Morgan fingerprint density at radius 2 is 1.31 bits per heavy atom. The molecule has 1 aromatic rings. The minimum absolute atomic E-state index is 0.0764. The predicted molar refractivity (Wildman–Crippen MR) is 87.4 cm³/mol. The molecule has 3 nitrogen and oxygen atoms in total. The molecule has 0 amide bonds. The molecule has 0 unspecified atom stereocenters. The SMILES string of the molecule is O=S(=O)(O)c1c(F)c(F)c(SCC23CC4CC(CC(C4)C2)C3)c(F)c1F. The molecular weight excluding hydrogens is 392 g/mol. The smallest absolute Gasteiger partial charge is 0.282 e. The van der Waals surface area contributed by atoms with Crippen molar-refractivity contribution in [3.63, 3.8) is 0 Å². The summed E-state index contributed by atoms with van der Waals surface area (Å²) in [6.07, 6.45) is 6.47. The molecule has 0 saturated heterocycles. The van der Waals surface area contributed by atoms with Crippen molar-refractivity contribution in [1.82, 2.24) is 0 Å². The Bertz CT molecular complexity index is 805. The first-order valence-electron chi connectivity index (χ1n) is 8.56. The molecule has 0 atom stereocenters. The van der Waals surface area contributed by atoms with Gasteiger partial charge in [-0.3, -0.25) is 4.55 Å². The molecular formula is C17H18F4O3S2. The molecule has 4 bridgehead atoms. The summed E-state index contributed by atoms with van der Waals surface area (Å²) >= 11 is 0.703. The van der Waals surface area contributed by atoms with Gasteiger partial charge in [0, 0.05) is 5.75 Å². The number of hydrogen-bond donors (Lipinski definition) is 1. The van der Waals surface area contributed by atoms with Gasteiger partial charge in [-0.15, -0.1) is 11.8 Å². The van der Waals surface area contributed by atoms with Crippen LogP contribution in [-0.4, -0.2) is 18.7 Å². The zero-order chi connectivity index (χ0) is 18.9. The fourth-order valence-corrected chi connectivity index (χ4v) is 7.51. The normalized spacial score (nSPS) is 33.0. The first-order chi connectivity index (χ1) is 12.1. The summed E-state index contributed by atoms with van der Waals surface area (Å²) in [6, 6.07) is 0. The summed E-state index contributed by atoms with van der Waals surface area (Å²) < 4.78 is 87.2. The van der Waals surface area contributed by atoms with Gasteiger partial charge in [-0.25, -0.2) is 17.6 Å². The highest BCUT2D eigenvalue weighted by Crippen LogP contribution is 2.61.